The summed E-state index contributed by atoms with van der Waals surface area (Å²) in [6.45, 7) is 1.68. The Labute approximate surface area is 141 Å². The first-order valence-corrected chi connectivity index (χ1v) is 13.0. The summed E-state index contributed by atoms with van der Waals surface area (Å²) in [6.07, 6.45) is 2.89. The molecule has 0 rings (SSSR count). The molecule has 0 aromatic heterocycles. The molecule has 0 bridgehead atoms. The first-order valence-electron chi connectivity index (χ1n) is 5.92. The summed E-state index contributed by atoms with van der Waals surface area (Å²) in [5.41, 5.74) is 0. The average Bonchev–Trinajstić information content (AvgIpc) is 1.91. The smallest absolute Gasteiger partial charge is 0.319 e. The van der Waals surface area contributed by atoms with E-state index in [1.807, 2.05) is 0 Å². The maximum Gasteiger partial charge on any atom is 0.319 e. The number of hydrogen-bond donors (Lipinski definition) is 6. The van der Waals surface area contributed by atoms with E-state index in [1.54, 1.807) is 0 Å². The molecule has 0 saturated carbocycles. The second-order valence-corrected chi connectivity index (χ2v) is 12.6. The Balaban J connectivity index is -0.000000244. The fourth-order valence-electron chi connectivity index (χ4n) is 1.43. The van der Waals surface area contributed by atoms with Crippen molar-refractivity contribution in [3.8, 4) is 0 Å². The zero-order valence-corrected chi connectivity index (χ0v) is 18.6. The van der Waals surface area contributed by atoms with Crippen molar-refractivity contribution in [2.75, 3.05) is 0 Å². The standard InChI is InChI=1S/C9H19.2H3O3PS.Zn/c1-8(2)6-5-7-9(3)4;2*1-4(2,3)5;/h5,8-9H,6-7H2,1-4H3;2*(H3,1,2,3,5);. The molecule has 6 N–H and O–H groups in total. The zero-order valence-electron chi connectivity index (χ0n) is 12.2. The molecule has 0 saturated heterocycles. The molecule has 0 aromatic carbocycles. The molecule has 0 unspecified atom stereocenters. The monoisotopic (exact) mass is 419 g/mol. The van der Waals surface area contributed by atoms with Crippen LogP contribution in [0.3, 0.4) is 0 Å². The van der Waals surface area contributed by atoms with Gasteiger partial charge in [-0.2, -0.15) is 0 Å². The van der Waals surface area contributed by atoms with Gasteiger partial charge in [-0.3, -0.25) is 0 Å². The topological polar surface area (TPSA) is 121 Å². The maximum absolute atomic E-state index is 7.56. The van der Waals surface area contributed by atoms with Crippen LogP contribution in [-0.2, 0) is 41.9 Å². The minimum atomic E-state index is -3.81. The Bertz CT molecular complexity index is 271. The molecule has 0 aliphatic carbocycles. The minimum absolute atomic E-state index is 0.900. The predicted molar refractivity (Wildman–Crippen MR) is 84.5 cm³/mol. The van der Waals surface area contributed by atoms with Gasteiger partial charge in [0.15, 0.2) is 0 Å². The van der Waals surface area contributed by atoms with Crippen molar-refractivity contribution in [2.24, 2.45) is 11.8 Å². The molecule has 6 nitrogen and oxygen atoms in total. The van der Waals surface area contributed by atoms with Gasteiger partial charge < -0.3 is 29.4 Å². The van der Waals surface area contributed by atoms with E-state index in [2.05, 4.69) is 51.3 Å². The van der Waals surface area contributed by atoms with Gasteiger partial charge in [0, 0.05) is 0 Å². The van der Waals surface area contributed by atoms with E-state index >= 15 is 0 Å². The van der Waals surface area contributed by atoms with Crippen LogP contribution in [0.25, 0.3) is 0 Å². The quantitative estimate of drug-likeness (QED) is 0.301. The van der Waals surface area contributed by atoms with Crippen molar-refractivity contribution in [2.45, 2.75) is 45.0 Å². The van der Waals surface area contributed by atoms with Gasteiger partial charge in [-0.25, -0.2) is 0 Å². The van der Waals surface area contributed by atoms with Crippen molar-refractivity contribution in [1.82, 2.24) is 0 Å². The molecule has 0 fully saturated rings. The average molecular weight is 421 g/mol. The van der Waals surface area contributed by atoms with Crippen LogP contribution in [0.15, 0.2) is 0 Å². The Hall–Kier alpha value is 1.68. The van der Waals surface area contributed by atoms with Gasteiger partial charge in [-0.1, -0.05) is 0 Å². The molecule has 0 radical (unpaired) electrons. The van der Waals surface area contributed by atoms with Crippen LogP contribution in [0.1, 0.15) is 40.5 Å². The third kappa shape index (κ3) is 73.3. The molecule has 0 atom stereocenters. The largest absolute Gasteiger partial charge is 0.325 e. The molecule has 11 heteroatoms. The van der Waals surface area contributed by atoms with Crippen LogP contribution in [-0.4, -0.2) is 29.4 Å². The van der Waals surface area contributed by atoms with E-state index in [-0.39, 0.29) is 0 Å². The Morgan fingerprint density at radius 1 is 0.750 bits per heavy atom. The third-order valence-corrected chi connectivity index (χ3v) is 3.01. The minimum Gasteiger partial charge on any atom is -0.325 e. The summed E-state index contributed by atoms with van der Waals surface area (Å²) in [5.74, 6) is 1.80. The Kier molecular flexibility index (Phi) is 17.5. The van der Waals surface area contributed by atoms with Crippen molar-refractivity contribution in [1.29, 1.82) is 0 Å². The van der Waals surface area contributed by atoms with Crippen LogP contribution in [0, 0.1) is 11.8 Å². The summed E-state index contributed by atoms with van der Waals surface area (Å²) in [7, 11) is 0. The molecule has 0 amide bonds. The summed E-state index contributed by atoms with van der Waals surface area (Å²) < 4.78 is 1.04. The van der Waals surface area contributed by atoms with Crippen molar-refractivity contribution in [3.63, 3.8) is 0 Å². The molecule has 0 heterocycles. The van der Waals surface area contributed by atoms with E-state index in [0.717, 1.165) is 16.3 Å². The summed E-state index contributed by atoms with van der Waals surface area (Å²) in [5, 5.41) is 0. The van der Waals surface area contributed by atoms with E-state index in [9.17, 15) is 0 Å². The van der Waals surface area contributed by atoms with Crippen molar-refractivity contribution in [3.05, 3.63) is 0 Å². The first-order chi connectivity index (χ1) is 8.52. The molecular weight excluding hydrogens is 396 g/mol. The molecule has 0 aliphatic heterocycles. The van der Waals surface area contributed by atoms with E-state index in [4.69, 9.17) is 29.4 Å². The second-order valence-electron chi connectivity index (χ2n) is 5.15. The fraction of sp³-hybridized carbons (Fsp3) is 1.00. The van der Waals surface area contributed by atoms with Gasteiger partial charge in [0.1, 0.15) is 0 Å². The number of hydrogen-bond acceptors (Lipinski definition) is 2. The zero-order chi connectivity index (χ0) is 17.1. The van der Waals surface area contributed by atoms with Crippen LogP contribution >= 0.6 is 13.4 Å². The molecule has 0 aromatic rings. The Morgan fingerprint density at radius 2 is 0.900 bits per heavy atom. The van der Waals surface area contributed by atoms with Crippen LogP contribution in [0.5, 0.6) is 0 Å². The van der Waals surface area contributed by atoms with Gasteiger partial charge >= 0.3 is 88.6 Å². The first kappa shape index (κ1) is 26.6. The van der Waals surface area contributed by atoms with Crippen LogP contribution in [0.2, 0.25) is 4.51 Å². The fourth-order valence-corrected chi connectivity index (χ4v) is 4.23. The van der Waals surface area contributed by atoms with E-state index in [0.29, 0.717) is 0 Å². The van der Waals surface area contributed by atoms with E-state index in [1.165, 1.54) is 31.1 Å². The summed E-state index contributed by atoms with van der Waals surface area (Å²) in [6, 6.07) is 0. The summed E-state index contributed by atoms with van der Waals surface area (Å²) in [4.78, 5) is 45.3. The second kappa shape index (κ2) is 13.2. The van der Waals surface area contributed by atoms with Gasteiger partial charge in [0.2, 0.25) is 0 Å². The maximum atomic E-state index is 7.56. The van der Waals surface area contributed by atoms with Crippen LogP contribution < -0.4 is 0 Å². The SMILES string of the molecule is CC(C)C[CH]([Zn])CC(C)C.OP(O)(O)=S.OP(O)(O)=S. The summed E-state index contributed by atoms with van der Waals surface area (Å²) >= 11 is 8.69. The van der Waals surface area contributed by atoms with Crippen LogP contribution in [0.4, 0.5) is 0 Å². The predicted octanol–water partition coefficient (Wildman–Crippen LogP) is 1.79. The Morgan fingerprint density at radius 3 is 1.00 bits per heavy atom. The molecule has 121 valence electrons. The molecular formula is C9H25O6P2S2Zn. The van der Waals surface area contributed by atoms with Gasteiger partial charge in [0.25, 0.3) is 0 Å². The van der Waals surface area contributed by atoms with E-state index < -0.39 is 13.4 Å². The number of rotatable bonds is 4. The van der Waals surface area contributed by atoms with Gasteiger partial charge in [-0.05, 0) is 23.6 Å². The molecule has 0 aliphatic rings. The van der Waals surface area contributed by atoms with Crippen molar-refractivity contribution < 1.29 is 47.7 Å². The molecule has 20 heavy (non-hydrogen) atoms. The normalized spacial score (nSPS) is 11.9. The van der Waals surface area contributed by atoms with Gasteiger partial charge in [0.05, 0.1) is 0 Å². The third-order valence-electron chi connectivity index (χ3n) is 1.61. The van der Waals surface area contributed by atoms with Gasteiger partial charge in [-0.15, -0.1) is 0 Å². The molecule has 0 spiro atoms. The van der Waals surface area contributed by atoms with Crippen molar-refractivity contribution >= 4 is 37.1 Å².